The van der Waals surface area contributed by atoms with Crippen molar-refractivity contribution in [2.45, 2.75) is 26.3 Å². The molecule has 0 unspecified atom stereocenters. The van der Waals surface area contributed by atoms with Crippen LogP contribution in [-0.2, 0) is 0 Å². The largest absolute Gasteiger partial charge is 0.493 e. The lowest BCUT2D eigenvalue weighted by atomic mass is 9.99. The van der Waals surface area contributed by atoms with E-state index in [-0.39, 0.29) is 11.6 Å². The number of nitrogens with one attached hydrogen (secondary N) is 2. The van der Waals surface area contributed by atoms with Crippen molar-refractivity contribution in [2.75, 3.05) is 14.2 Å². The highest BCUT2D eigenvalue weighted by atomic mass is 16.5. The number of hydrogen-bond donors (Lipinski definition) is 3. The maximum absolute atomic E-state index is 12.6. The van der Waals surface area contributed by atoms with Gasteiger partial charge in [0.1, 0.15) is 5.56 Å². The van der Waals surface area contributed by atoms with Gasteiger partial charge in [-0.1, -0.05) is 12.1 Å². The van der Waals surface area contributed by atoms with E-state index >= 15 is 0 Å². The molecule has 3 N–H and O–H groups in total. The number of aromatic hydroxyl groups is 1. The Morgan fingerprint density at radius 3 is 2.38 bits per heavy atom. The number of benzene rings is 2. The number of H-pyrrole nitrogens is 1. The molecule has 166 valence electrons. The zero-order valence-corrected chi connectivity index (χ0v) is 18.2. The summed E-state index contributed by atoms with van der Waals surface area (Å²) in [6, 6.07) is 10.7. The van der Waals surface area contributed by atoms with Gasteiger partial charge in [-0.05, 0) is 54.8 Å². The second-order valence-corrected chi connectivity index (χ2v) is 7.70. The van der Waals surface area contributed by atoms with E-state index < -0.39 is 17.1 Å². The fraction of sp³-hybridized carbons (Fsp3) is 0.261. The Morgan fingerprint density at radius 2 is 1.72 bits per heavy atom. The van der Waals surface area contributed by atoms with Gasteiger partial charge in [0.05, 0.1) is 31.7 Å². The summed E-state index contributed by atoms with van der Waals surface area (Å²) in [6.07, 6.45) is 0.331. The molecule has 0 saturated carbocycles. The number of aryl methyl sites for hydroxylation is 2. The molecule has 0 saturated heterocycles. The number of hydrogen-bond acceptors (Lipinski definition) is 7. The molecule has 2 heterocycles. The average molecular weight is 436 g/mol. The number of nitrogens with zero attached hydrogens (tertiary/aromatic N) is 2. The zero-order chi connectivity index (χ0) is 23.0. The first kappa shape index (κ1) is 21.2. The van der Waals surface area contributed by atoms with E-state index in [1.165, 1.54) is 0 Å². The van der Waals surface area contributed by atoms with Crippen molar-refractivity contribution >= 4 is 5.71 Å². The van der Waals surface area contributed by atoms with Crippen LogP contribution in [0.25, 0.3) is 5.69 Å². The molecule has 9 heteroatoms. The summed E-state index contributed by atoms with van der Waals surface area (Å²) in [4.78, 5) is 27.4. The molecule has 0 aliphatic carbocycles. The van der Waals surface area contributed by atoms with Gasteiger partial charge in [-0.25, -0.2) is 9.36 Å². The summed E-state index contributed by atoms with van der Waals surface area (Å²) >= 11 is 0. The highest BCUT2D eigenvalue weighted by Crippen LogP contribution is 2.33. The van der Waals surface area contributed by atoms with Gasteiger partial charge >= 0.3 is 5.69 Å². The van der Waals surface area contributed by atoms with Crippen LogP contribution in [0, 0.1) is 13.8 Å². The molecule has 0 spiro atoms. The van der Waals surface area contributed by atoms with Crippen LogP contribution in [0.1, 0.15) is 34.7 Å². The third-order valence-corrected chi connectivity index (χ3v) is 5.40. The smallest absolute Gasteiger partial charge is 0.335 e. The molecule has 3 aromatic rings. The minimum absolute atomic E-state index is 0.0424. The van der Waals surface area contributed by atoms with Crippen molar-refractivity contribution in [1.82, 2.24) is 15.0 Å². The van der Waals surface area contributed by atoms with Crippen LogP contribution >= 0.6 is 0 Å². The molecule has 1 aliphatic heterocycles. The third kappa shape index (κ3) is 3.73. The van der Waals surface area contributed by atoms with Gasteiger partial charge in [0.2, 0.25) is 5.88 Å². The predicted octanol–water partition coefficient (Wildman–Crippen LogP) is 2.30. The van der Waals surface area contributed by atoms with Gasteiger partial charge in [0.15, 0.2) is 11.5 Å². The van der Waals surface area contributed by atoms with Crippen molar-refractivity contribution in [3.63, 3.8) is 0 Å². The summed E-state index contributed by atoms with van der Waals surface area (Å²) < 4.78 is 11.7. The number of hydrazone groups is 1. The zero-order valence-electron chi connectivity index (χ0n) is 18.2. The van der Waals surface area contributed by atoms with Crippen LogP contribution in [0.2, 0.25) is 0 Å². The highest BCUT2D eigenvalue weighted by Gasteiger charge is 2.28. The van der Waals surface area contributed by atoms with Crippen LogP contribution in [0.3, 0.4) is 0 Å². The predicted molar refractivity (Wildman–Crippen MR) is 120 cm³/mol. The van der Waals surface area contributed by atoms with E-state index in [0.717, 1.165) is 21.3 Å². The minimum atomic E-state index is -0.718. The molecule has 9 nitrogen and oxygen atoms in total. The molecular formula is C23H24N4O5. The van der Waals surface area contributed by atoms with Gasteiger partial charge in [0, 0.05) is 6.42 Å². The van der Waals surface area contributed by atoms with E-state index in [2.05, 4.69) is 15.5 Å². The highest BCUT2D eigenvalue weighted by molar-refractivity contribution is 6.03. The molecule has 32 heavy (non-hydrogen) atoms. The minimum Gasteiger partial charge on any atom is -0.493 e. The standard InChI is InChI=1S/C23H24N4O5/c1-12-7-13(2)9-15(8-12)27-22(29)20(21(28)24-23(27)30)17-11-16(25-26-17)14-5-6-18(31-3)19(10-14)32-4/h5-10,16,25,29H,11H2,1-4H3,(H,24,28,30)/t16-/m0/s1. The number of aromatic nitrogens is 2. The molecule has 4 rings (SSSR count). The first-order valence-corrected chi connectivity index (χ1v) is 10.0. The molecule has 1 aromatic heterocycles. The second-order valence-electron chi connectivity index (χ2n) is 7.70. The first-order valence-electron chi connectivity index (χ1n) is 10.0. The lowest BCUT2D eigenvalue weighted by Crippen LogP contribution is -2.33. The van der Waals surface area contributed by atoms with Crippen LogP contribution in [0.5, 0.6) is 17.4 Å². The molecule has 0 bridgehead atoms. The summed E-state index contributed by atoms with van der Waals surface area (Å²) in [6.45, 7) is 3.79. The van der Waals surface area contributed by atoms with E-state index in [1.807, 2.05) is 32.0 Å². The maximum Gasteiger partial charge on any atom is 0.335 e. The number of aromatic amines is 1. The van der Waals surface area contributed by atoms with Crippen molar-refractivity contribution in [3.05, 3.63) is 79.5 Å². The summed E-state index contributed by atoms with van der Waals surface area (Å²) in [5, 5.41) is 15.2. The molecule has 1 aliphatic rings. The Morgan fingerprint density at radius 1 is 1.03 bits per heavy atom. The molecule has 0 amide bonds. The summed E-state index contributed by atoms with van der Waals surface area (Å²) in [7, 11) is 3.12. The molecule has 2 aromatic carbocycles. The topological polar surface area (TPSA) is 118 Å². The van der Waals surface area contributed by atoms with E-state index in [9.17, 15) is 14.7 Å². The fourth-order valence-electron chi connectivity index (χ4n) is 3.96. The second kappa shape index (κ2) is 8.26. The van der Waals surface area contributed by atoms with E-state index in [4.69, 9.17) is 9.47 Å². The molecule has 1 atom stereocenters. The Bertz CT molecular complexity index is 1320. The monoisotopic (exact) mass is 436 g/mol. The lowest BCUT2D eigenvalue weighted by molar-refractivity contribution is 0.354. The van der Waals surface area contributed by atoms with Crippen molar-refractivity contribution in [3.8, 4) is 23.1 Å². The van der Waals surface area contributed by atoms with Crippen molar-refractivity contribution < 1.29 is 14.6 Å². The average Bonchev–Trinajstić information content (AvgIpc) is 3.21. The van der Waals surface area contributed by atoms with Crippen LogP contribution in [0.4, 0.5) is 0 Å². The van der Waals surface area contributed by atoms with Crippen molar-refractivity contribution in [1.29, 1.82) is 0 Å². The van der Waals surface area contributed by atoms with Gasteiger partial charge in [-0.15, -0.1) is 0 Å². The number of rotatable bonds is 5. The number of methoxy groups -OCH3 is 2. The number of ether oxygens (including phenoxy) is 2. The maximum atomic E-state index is 12.6. The van der Waals surface area contributed by atoms with Gasteiger partial charge in [-0.3, -0.25) is 9.78 Å². The van der Waals surface area contributed by atoms with Crippen LogP contribution in [-0.4, -0.2) is 34.6 Å². The summed E-state index contributed by atoms with van der Waals surface area (Å²) in [5.74, 6) is 0.728. The first-order chi connectivity index (χ1) is 15.3. The lowest BCUT2D eigenvalue weighted by Gasteiger charge is -2.14. The Balaban J connectivity index is 1.72. The van der Waals surface area contributed by atoms with Gasteiger partial charge in [-0.2, -0.15) is 5.10 Å². The summed E-state index contributed by atoms with van der Waals surface area (Å²) in [5.41, 5.74) is 5.08. The Labute approximate surface area is 184 Å². The SMILES string of the molecule is COc1ccc([C@@H]2CC(c3c(O)n(-c4cc(C)cc(C)c4)c(=O)[nH]c3=O)=NN2)cc1OC. The van der Waals surface area contributed by atoms with E-state index in [1.54, 1.807) is 32.4 Å². The third-order valence-electron chi connectivity index (χ3n) is 5.40. The van der Waals surface area contributed by atoms with Crippen molar-refractivity contribution in [2.24, 2.45) is 5.10 Å². The van der Waals surface area contributed by atoms with Crippen LogP contribution in [0.15, 0.2) is 51.1 Å². The normalized spacial score (nSPS) is 15.2. The Kier molecular flexibility index (Phi) is 5.48. The van der Waals surface area contributed by atoms with Crippen LogP contribution < -0.4 is 26.1 Å². The van der Waals surface area contributed by atoms with Gasteiger partial charge < -0.3 is 20.0 Å². The Hall–Kier alpha value is -4.01. The van der Waals surface area contributed by atoms with Gasteiger partial charge in [0.25, 0.3) is 5.56 Å². The van der Waals surface area contributed by atoms with E-state index in [0.29, 0.717) is 29.3 Å². The fourth-order valence-corrected chi connectivity index (χ4v) is 3.96. The molecule has 0 radical (unpaired) electrons. The molecule has 0 fully saturated rings. The quantitative estimate of drug-likeness (QED) is 0.565. The molecular weight excluding hydrogens is 412 g/mol.